The maximum Gasteiger partial charge on any atom is 0.292 e. The Bertz CT molecular complexity index is 1020. The van der Waals surface area contributed by atoms with Crippen LogP contribution in [0.2, 0.25) is 10.0 Å². The Labute approximate surface area is 175 Å². The normalized spacial score (nSPS) is 15.4. The first kappa shape index (κ1) is 20.8. The van der Waals surface area contributed by atoms with Crippen LogP contribution in [0.15, 0.2) is 36.4 Å². The monoisotopic (exact) mass is 435 g/mol. The Morgan fingerprint density at radius 2 is 1.90 bits per heavy atom. The predicted molar refractivity (Wildman–Crippen MR) is 107 cm³/mol. The van der Waals surface area contributed by atoms with Crippen molar-refractivity contribution in [3.8, 4) is 0 Å². The lowest BCUT2D eigenvalue weighted by molar-refractivity contribution is -0.384. The number of hydrogen-bond acceptors (Lipinski definition) is 5. The molecule has 1 atom stereocenters. The van der Waals surface area contributed by atoms with Gasteiger partial charge in [0.15, 0.2) is 0 Å². The fourth-order valence-electron chi connectivity index (χ4n) is 3.03. The molecule has 0 fully saturated rings. The number of ketones is 1. The number of nitro groups is 1. The molecule has 1 aliphatic rings. The molecule has 10 heteroatoms. The molecule has 150 valence electrons. The molecular weight excluding hydrogens is 421 g/mol. The number of fused-ring (bicyclic) bond motifs is 1. The van der Waals surface area contributed by atoms with Gasteiger partial charge in [0, 0.05) is 29.9 Å². The number of anilines is 1. The van der Waals surface area contributed by atoms with Crippen LogP contribution in [-0.4, -0.2) is 29.1 Å². The third-order valence-electron chi connectivity index (χ3n) is 4.48. The van der Waals surface area contributed by atoms with Gasteiger partial charge in [0.1, 0.15) is 5.92 Å². The van der Waals surface area contributed by atoms with Crippen molar-refractivity contribution in [3.63, 3.8) is 0 Å². The number of aryl methyl sites for hydroxylation is 1. The molecule has 8 nitrogen and oxygen atoms in total. The molecule has 0 saturated heterocycles. The number of carbonyl (C=O) groups is 3. The second kappa shape index (κ2) is 8.59. The average molecular weight is 436 g/mol. The molecule has 0 bridgehead atoms. The molecule has 0 spiro atoms. The lowest BCUT2D eigenvalue weighted by Crippen LogP contribution is -2.42. The van der Waals surface area contributed by atoms with Gasteiger partial charge in [-0.05, 0) is 36.6 Å². The minimum Gasteiger partial charge on any atom is -0.355 e. The predicted octanol–water partition coefficient (Wildman–Crippen LogP) is 3.26. The van der Waals surface area contributed by atoms with E-state index in [1.54, 1.807) is 12.1 Å². The summed E-state index contributed by atoms with van der Waals surface area (Å²) < 4.78 is 0. The van der Waals surface area contributed by atoms with E-state index in [0.29, 0.717) is 22.9 Å². The summed E-state index contributed by atoms with van der Waals surface area (Å²) in [6.07, 6.45) is 1.16. The van der Waals surface area contributed by atoms with E-state index in [2.05, 4.69) is 10.6 Å². The number of carbonyl (C=O) groups excluding carboxylic acids is 3. The molecule has 0 radical (unpaired) electrons. The number of benzene rings is 2. The largest absolute Gasteiger partial charge is 0.355 e. The first-order valence-corrected chi connectivity index (χ1v) is 9.38. The summed E-state index contributed by atoms with van der Waals surface area (Å²) in [7, 11) is 0. The highest BCUT2D eigenvalue weighted by atomic mass is 35.5. The minimum atomic E-state index is -1.43. The maximum atomic E-state index is 12.6. The summed E-state index contributed by atoms with van der Waals surface area (Å²) in [4.78, 5) is 47.1. The Morgan fingerprint density at radius 1 is 1.14 bits per heavy atom. The number of halogens is 2. The van der Waals surface area contributed by atoms with Gasteiger partial charge in [0.2, 0.25) is 11.7 Å². The number of hydrogen-bond donors (Lipinski definition) is 2. The zero-order valence-corrected chi connectivity index (χ0v) is 16.4. The van der Waals surface area contributed by atoms with Gasteiger partial charge in [0.05, 0.1) is 15.0 Å². The highest BCUT2D eigenvalue weighted by molar-refractivity contribution is 6.47. The highest BCUT2D eigenvalue weighted by Crippen LogP contribution is 2.33. The molecule has 1 aliphatic heterocycles. The van der Waals surface area contributed by atoms with E-state index in [1.165, 1.54) is 12.1 Å². The summed E-state index contributed by atoms with van der Waals surface area (Å²) in [5.74, 6) is -3.99. The third-order valence-corrected chi connectivity index (χ3v) is 5.22. The maximum absolute atomic E-state index is 12.6. The minimum absolute atomic E-state index is 0.103. The summed E-state index contributed by atoms with van der Waals surface area (Å²) >= 11 is 11.8. The Morgan fingerprint density at radius 3 is 2.59 bits per heavy atom. The number of amides is 2. The van der Waals surface area contributed by atoms with E-state index in [1.807, 2.05) is 6.07 Å². The molecular formula is C19H15Cl2N3O5. The standard InChI is InChI=1S/C19H15Cl2N3O5/c20-13-5-3-10(8-14(13)21)2-1-7-22-18(26)16-12-9-11(24(28)29)4-6-15(12)23-19(27)17(16)25/h3-6,8-9,16H,1-2,7H2,(H,22,26)(H,23,27). The van der Waals surface area contributed by atoms with E-state index >= 15 is 0 Å². The number of non-ortho nitro benzene ring substituents is 1. The van der Waals surface area contributed by atoms with E-state index in [4.69, 9.17) is 23.2 Å². The number of nitrogens with zero attached hydrogens (tertiary/aromatic N) is 1. The zero-order chi connectivity index (χ0) is 21.1. The Kier molecular flexibility index (Phi) is 6.14. The SMILES string of the molecule is O=C1Nc2ccc([N+](=O)[O-])cc2C(C(=O)NCCCc2ccc(Cl)c(Cl)c2)C1=O. The van der Waals surface area contributed by atoms with Gasteiger partial charge in [-0.25, -0.2) is 0 Å². The van der Waals surface area contributed by atoms with Crippen molar-refractivity contribution in [1.82, 2.24) is 5.32 Å². The van der Waals surface area contributed by atoms with Gasteiger partial charge < -0.3 is 10.6 Å². The average Bonchev–Trinajstić information content (AvgIpc) is 2.68. The van der Waals surface area contributed by atoms with Crippen LogP contribution in [0.1, 0.15) is 23.5 Å². The number of nitrogens with one attached hydrogen (secondary N) is 2. The van der Waals surface area contributed by atoms with Crippen LogP contribution in [0.4, 0.5) is 11.4 Å². The van der Waals surface area contributed by atoms with E-state index in [9.17, 15) is 24.5 Å². The Balaban J connectivity index is 1.68. The van der Waals surface area contributed by atoms with Crippen LogP contribution in [0.5, 0.6) is 0 Å². The second-order valence-corrected chi connectivity index (χ2v) is 7.24. The van der Waals surface area contributed by atoms with Crippen molar-refractivity contribution in [1.29, 1.82) is 0 Å². The fraction of sp³-hybridized carbons (Fsp3) is 0.211. The number of Topliss-reactive ketones (excluding diaryl/α,β-unsaturated/α-hetero) is 1. The number of rotatable bonds is 6. The van der Waals surface area contributed by atoms with Gasteiger partial charge in [-0.1, -0.05) is 29.3 Å². The molecule has 0 aromatic heterocycles. The molecule has 2 aromatic carbocycles. The van der Waals surface area contributed by atoms with Crippen LogP contribution >= 0.6 is 23.2 Å². The molecule has 0 aliphatic carbocycles. The van der Waals surface area contributed by atoms with E-state index in [-0.39, 0.29) is 23.5 Å². The molecule has 2 aromatic rings. The molecule has 1 heterocycles. The summed E-state index contributed by atoms with van der Waals surface area (Å²) in [6.45, 7) is 0.245. The van der Waals surface area contributed by atoms with Crippen molar-refractivity contribution >= 4 is 52.2 Å². The van der Waals surface area contributed by atoms with Crippen LogP contribution in [-0.2, 0) is 20.8 Å². The van der Waals surface area contributed by atoms with Crippen molar-refractivity contribution in [2.75, 3.05) is 11.9 Å². The molecule has 0 saturated carbocycles. The van der Waals surface area contributed by atoms with Crippen LogP contribution in [0, 0.1) is 10.1 Å². The third kappa shape index (κ3) is 4.55. The molecule has 29 heavy (non-hydrogen) atoms. The number of nitro benzene ring substituents is 1. The van der Waals surface area contributed by atoms with Gasteiger partial charge >= 0.3 is 0 Å². The molecule has 2 N–H and O–H groups in total. The van der Waals surface area contributed by atoms with Crippen molar-refractivity contribution < 1.29 is 19.3 Å². The van der Waals surface area contributed by atoms with Gasteiger partial charge in [-0.2, -0.15) is 0 Å². The van der Waals surface area contributed by atoms with Crippen molar-refractivity contribution in [3.05, 3.63) is 67.7 Å². The lowest BCUT2D eigenvalue weighted by Gasteiger charge is -2.23. The highest BCUT2D eigenvalue weighted by Gasteiger charge is 2.39. The first-order chi connectivity index (χ1) is 13.8. The first-order valence-electron chi connectivity index (χ1n) is 8.63. The van der Waals surface area contributed by atoms with E-state index in [0.717, 1.165) is 11.6 Å². The van der Waals surface area contributed by atoms with E-state index < -0.39 is 28.4 Å². The summed E-state index contributed by atoms with van der Waals surface area (Å²) in [5, 5.41) is 16.9. The molecule has 1 unspecified atom stereocenters. The molecule has 3 rings (SSSR count). The summed E-state index contributed by atoms with van der Waals surface area (Å²) in [5.41, 5.74) is 0.967. The van der Waals surface area contributed by atoms with Crippen molar-refractivity contribution in [2.24, 2.45) is 0 Å². The van der Waals surface area contributed by atoms with Gasteiger partial charge in [-0.15, -0.1) is 0 Å². The van der Waals surface area contributed by atoms with Crippen LogP contribution < -0.4 is 10.6 Å². The smallest absolute Gasteiger partial charge is 0.292 e. The van der Waals surface area contributed by atoms with Gasteiger partial charge in [-0.3, -0.25) is 24.5 Å². The quantitative estimate of drug-likeness (QED) is 0.237. The lowest BCUT2D eigenvalue weighted by atomic mass is 9.88. The zero-order valence-electron chi connectivity index (χ0n) is 14.9. The topological polar surface area (TPSA) is 118 Å². The van der Waals surface area contributed by atoms with Gasteiger partial charge in [0.25, 0.3) is 11.6 Å². The second-order valence-electron chi connectivity index (χ2n) is 6.42. The van der Waals surface area contributed by atoms with Crippen molar-refractivity contribution in [2.45, 2.75) is 18.8 Å². The fourth-order valence-corrected chi connectivity index (χ4v) is 3.35. The Hall–Kier alpha value is -2.97. The molecule has 2 amide bonds. The van der Waals surface area contributed by atoms with Crippen LogP contribution in [0.3, 0.4) is 0 Å². The van der Waals surface area contributed by atoms with Crippen LogP contribution in [0.25, 0.3) is 0 Å². The summed E-state index contributed by atoms with van der Waals surface area (Å²) in [6, 6.07) is 8.87.